The lowest BCUT2D eigenvalue weighted by Gasteiger charge is -2.29. The average molecular weight is 193 g/mol. The van der Waals surface area contributed by atoms with Crippen molar-refractivity contribution in [3.63, 3.8) is 0 Å². The van der Waals surface area contributed by atoms with Crippen LogP contribution < -0.4 is 16.4 Å². The first kappa shape index (κ1) is 9.21. The van der Waals surface area contributed by atoms with Crippen molar-refractivity contribution < 1.29 is 0 Å². The highest BCUT2D eigenvalue weighted by Gasteiger charge is 2.17. The molecule has 0 spiro atoms. The van der Waals surface area contributed by atoms with E-state index in [9.17, 15) is 0 Å². The normalized spacial score (nSPS) is 18.5. The van der Waals surface area contributed by atoms with Gasteiger partial charge in [-0.3, -0.25) is 0 Å². The van der Waals surface area contributed by atoms with Crippen LogP contribution in [0.2, 0.25) is 0 Å². The first-order valence-corrected chi connectivity index (χ1v) is 4.85. The largest absolute Gasteiger partial charge is 0.384 e. The van der Waals surface area contributed by atoms with E-state index < -0.39 is 0 Å². The Morgan fingerprint density at radius 1 is 1.36 bits per heavy atom. The summed E-state index contributed by atoms with van der Waals surface area (Å²) >= 11 is 0. The molecule has 0 radical (unpaired) electrons. The van der Waals surface area contributed by atoms with Crippen molar-refractivity contribution in [2.24, 2.45) is 5.73 Å². The number of hydrogen-bond acceptors (Lipinski definition) is 5. The first-order valence-electron chi connectivity index (χ1n) is 4.85. The molecule has 0 aromatic carbocycles. The zero-order valence-electron chi connectivity index (χ0n) is 8.06. The van der Waals surface area contributed by atoms with Gasteiger partial charge in [-0.05, 0) is 18.9 Å². The Bertz CT molecular complexity index is 306. The average Bonchev–Trinajstić information content (AvgIpc) is 2.19. The molecule has 0 saturated carbocycles. The standard InChI is InChI=1S/C9H15N5/c10-7-2-5-14(6-3-7)9-12-4-1-8(11)13-9/h1,4,7H,2-3,5-6,10H2,(H2,11,12,13). The molecule has 4 N–H and O–H groups in total. The molecule has 76 valence electrons. The van der Waals surface area contributed by atoms with Crippen LogP contribution in [0.3, 0.4) is 0 Å². The van der Waals surface area contributed by atoms with Crippen LogP contribution in [0.25, 0.3) is 0 Å². The number of anilines is 2. The Morgan fingerprint density at radius 3 is 2.71 bits per heavy atom. The highest BCUT2D eigenvalue weighted by Crippen LogP contribution is 2.15. The maximum Gasteiger partial charge on any atom is 0.227 e. The number of piperidine rings is 1. The van der Waals surface area contributed by atoms with Crippen LogP contribution in [0.15, 0.2) is 12.3 Å². The van der Waals surface area contributed by atoms with E-state index in [1.54, 1.807) is 12.3 Å². The SMILES string of the molecule is Nc1ccnc(N2CCC(N)CC2)n1. The second kappa shape index (κ2) is 3.79. The lowest BCUT2D eigenvalue weighted by molar-refractivity contribution is 0.495. The van der Waals surface area contributed by atoms with Crippen molar-refractivity contribution in [2.75, 3.05) is 23.7 Å². The number of aromatic nitrogens is 2. The third-order valence-corrected chi connectivity index (χ3v) is 2.49. The molecular formula is C9H15N5. The van der Waals surface area contributed by atoms with Gasteiger partial charge in [0.2, 0.25) is 5.95 Å². The summed E-state index contributed by atoms with van der Waals surface area (Å²) in [6.45, 7) is 1.84. The molecule has 0 aliphatic carbocycles. The van der Waals surface area contributed by atoms with Crippen molar-refractivity contribution in [1.82, 2.24) is 9.97 Å². The van der Waals surface area contributed by atoms with Crippen molar-refractivity contribution >= 4 is 11.8 Å². The van der Waals surface area contributed by atoms with Crippen molar-refractivity contribution in [2.45, 2.75) is 18.9 Å². The summed E-state index contributed by atoms with van der Waals surface area (Å²) in [5.74, 6) is 1.24. The monoisotopic (exact) mass is 193 g/mol. The zero-order valence-corrected chi connectivity index (χ0v) is 8.06. The minimum atomic E-state index is 0.326. The molecule has 5 heteroatoms. The Hall–Kier alpha value is -1.36. The van der Waals surface area contributed by atoms with Crippen molar-refractivity contribution in [3.8, 4) is 0 Å². The van der Waals surface area contributed by atoms with Crippen LogP contribution in [0, 0.1) is 0 Å². The summed E-state index contributed by atoms with van der Waals surface area (Å²) < 4.78 is 0. The van der Waals surface area contributed by atoms with Crippen LogP contribution in [-0.4, -0.2) is 29.1 Å². The Labute approximate surface area is 83.1 Å². The van der Waals surface area contributed by atoms with E-state index in [1.165, 1.54) is 0 Å². The molecular weight excluding hydrogens is 178 g/mol. The molecule has 1 aliphatic heterocycles. The topological polar surface area (TPSA) is 81.1 Å². The zero-order chi connectivity index (χ0) is 9.97. The molecule has 1 aliphatic rings. The van der Waals surface area contributed by atoms with Crippen LogP contribution in [-0.2, 0) is 0 Å². The molecule has 1 fully saturated rings. The number of nitrogens with two attached hydrogens (primary N) is 2. The molecule has 2 heterocycles. The number of nitrogens with zero attached hydrogens (tertiary/aromatic N) is 3. The molecule has 1 saturated heterocycles. The van der Waals surface area contributed by atoms with Gasteiger partial charge >= 0.3 is 0 Å². The lowest BCUT2D eigenvalue weighted by atomic mass is 10.1. The van der Waals surface area contributed by atoms with E-state index in [1.807, 2.05) is 0 Å². The summed E-state index contributed by atoms with van der Waals surface area (Å²) in [6.07, 6.45) is 3.68. The fraction of sp³-hybridized carbons (Fsp3) is 0.556. The highest BCUT2D eigenvalue weighted by molar-refractivity contribution is 5.37. The third-order valence-electron chi connectivity index (χ3n) is 2.49. The van der Waals surface area contributed by atoms with Crippen molar-refractivity contribution in [1.29, 1.82) is 0 Å². The molecule has 0 atom stereocenters. The van der Waals surface area contributed by atoms with Gasteiger partial charge in [-0.2, -0.15) is 4.98 Å². The fourth-order valence-electron chi connectivity index (χ4n) is 1.61. The van der Waals surface area contributed by atoms with E-state index in [2.05, 4.69) is 14.9 Å². The molecule has 0 amide bonds. The quantitative estimate of drug-likeness (QED) is 0.655. The van der Waals surface area contributed by atoms with Crippen LogP contribution in [0.4, 0.5) is 11.8 Å². The van der Waals surface area contributed by atoms with Crippen LogP contribution in [0.5, 0.6) is 0 Å². The van der Waals surface area contributed by atoms with E-state index >= 15 is 0 Å². The second-order valence-corrected chi connectivity index (χ2v) is 3.61. The fourth-order valence-corrected chi connectivity index (χ4v) is 1.61. The maximum atomic E-state index is 5.81. The van der Waals surface area contributed by atoms with Gasteiger partial charge < -0.3 is 16.4 Å². The molecule has 0 bridgehead atoms. The molecule has 2 rings (SSSR count). The van der Waals surface area contributed by atoms with Gasteiger partial charge in [0.25, 0.3) is 0 Å². The number of hydrogen-bond donors (Lipinski definition) is 2. The van der Waals surface area contributed by atoms with E-state index in [4.69, 9.17) is 11.5 Å². The van der Waals surface area contributed by atoms with Gasteiger partial charge in [0.15, 0.2) is 0 Å². The molecule has 14 heavy (non-hydrogen) atoms. The van der Waals surface area contributed by atoms with Gasteiger partial charge in [0.05, 0.1) is 0 Å². The third kappa shape index (κ3) is 1.93. The Morgan fingerprint density at radius 2 is 2.07 bits per heavy atom. The van der Waals surface area contributed by atoms with Crippen LogP contribution in [0.1, 0.15) is 12.8 Å². The predicted octanol–water partition coefficient (Wildman–Crippen LogP) is -0.0137. The summed E-state index contributed by atoms with van der Waals surface area (Å²) in [7, 11) is 0. The van der Waals surface area contributed by atoms with Gasteiger partial charge in [-0.25, -0.2) is 4.98 Å². The van der Waals surface area contributed by atoms with E-state index in [0.29, 0.717) is 11.9 Å². The minimum Gasteiger partial charge on any atom is -0.384 e. The molecule has 1 aromatic rings. The number of rotatable bonds is 1. The van der Waals surface area contributed by atoms with Gasteiger partial charge in [-0.15, -0.1) is 0 Å². The maximum absolute atomic E-state index is 5.81. The summed E-state index contributed by atoms with van der Waals surface area (Å²) in [5, 5.41) is 0. The first-order chi connectivity index (χ1) is 6.75. The Balaban J connectivity index is 2.08. The van der Waals surface area contributed by atoms with Gasteiger partial charge in [0, 0.05) is 25.3 Å². The molecule has 0 unspecified atom stereocenters. The van der Waals surface area contributed by atoms with Crippen molar-refractivity contribution in [3.05, 3.63) is 12.3 Å². The lowest BCUT2D eigenvalue weighted by Crippen LogP contribution is -2.40. The minimum absolute atomic E-state index is 0.326. The smallest absolute Gasteiger partial charge is 0.227 e. The summed E-state index contributed by atoms with van der Waals surface area (Å²) in [6, 6.07) is 2.02. The molecule has 5 nitrogen and oxygen atoms in total. The van der Waals surface area contributed by atoms with E-state index in [-0.39, 0.29) is 0 Å². The second-order valence-electron chi connectivity index (χ2n) is 3.61. The summed E-state index contributed by atoms with van der Waals surface area (Å²) in [5.41, 5.74) is 11.4. The van der Waals surface area contributed by atoms with Gasteiger partial charge in [-0.1, -0.05) is 0 Å². The van der Waals surface area contributed by atoms with Gasteiger partial charge in [0.1, 0.15) is 5.82 Å². The van der Waals surface area contributed by atoms with Crippen LogP contribution >= 0.6 is 0 Å². The summed E-state index contributed by atoms with van der Waals surface area (Å²) in [4.78, 5) is 10.5. The number of nitrogen functional groups attached to an aromatic ring is 1. The highest BCUT2D eigenvalue weighted by atomic mass is 15.3. The molecule has 1 aromatic heterocycles. The predicted molar refractivity (Wildman–Crippen MR) is 55.9 cm³/mol. The Kier molecular flexibility index (Phi) is 2.49. The van der Waals surface area contributed by atoms with E-state index in [0.717, 1.165) is 31.9 Å².